The molecule has 0 radical (unpaired) electrons. The Bertz CT molecular complexity index is 1750. The number of fused-ring (bicyclic) bond motifs is 1. The summed E-state index contributed by atoms with van der Waals surface area (Å²) in [7, 11) is 0. The highest BCUT2D eigenvalue weighted by Crippen LogP contribution is 2.28. The van der Waals surface area contributed by atoms with Crippen molar-refractivity contribution in [3.63, 3.8) is 0 Å². The highest BCUT2D eigenvalue weighted by atomic mass is 127. The number of carbonyl (C=O) groups excluding carboxylic acids is 1. The molecule has 4 aromatic rings. The van der Waals surface area contributed by atoms with Crippen molar-refractivity contribution in [1.82, 2.24) is 27.4 Å². The van der Waals surface area contributed by atoms with Gasteiger partial charge in [0.15, 0.2) is 6.61 Å². The van der Waals surface area contributed by atoms with E-state index in [4.69, 9.17) is 26.1 Å². The summed E-state index contributed by atoms with van der Waals surface area (Å²) in [5.41, 5.74) is 2.37. The monoisotopic (exact) mass is 770 g/mol. The Labute approximate surface area is 294 Å². The zero-order valence-corrected chi connectivity index (χ0v) is 29.7. The molecule has 248 valence electrons. The number of nitrogens with zero attached hydrogens (tertiary/aromatic N) is 6. The van der Waals surface area contributed by atoms with Gasteiger partial charge in [0.1, 0.15) is 17.3 Å². The molecule has 3 aromatic carbocycles. The molecule has 0 unspecified atom stereocenters. The third-order valence-electron chi connectivity index (χ3n) is 8.46. The Balaban J connectivity index is 1.24. The van der Waals surface area contributed by atoms with Crippen molar-refractivity contribution in [2.75, 3.05) is 59.0 Å². The molecule has 0 spiro atoms. The van der Waals surface area contributed by atoms with Gasteiger partial charge in [-0.3, -0.25) is 24.0 Å². The molecular weight excluding hydrogens is 731 g/mol. The van der Waals surface area contributed by atoms with E-state index in [0.29, 0.717) is 71.7 Å². The van der Waals surface area contributed by atoms with E-state index in [1.165, 1.54) is 0 Å². The van der Waals surface area contributed by atoms with Crippen molar-refractivity contribution in [1.29, 1.82) is 0 Å². The minimum Gasteiger partial charge on any atom is -0.489 e. The molecule has 2 saturated heterocycles. The van der Waals surface area contributed by atoms with Crippen molar-refractivity contribution >= 4 is 51.3 Å². The fourth-order valence-electron chi connectivity index (χ4n) is 5.99. The van der Waals surface area contributed by atoms with E-state index in [-0.39, 0.29) is 24.2 Å². The standard InChI is InChI=1S/C35H40ClIN6O4/c1-25(2)47-32-12-7-26(22-39-15-19-42(37)20-16-39)21-31(32)43-33(38-30-6-4-3-5-29(30)35(43)45)23-40-13-17-41(18-14-40)34(44)24-46-28-10-8-27(36)9-11-28/h3-12,21,25H,13-20,22-24H2,1-2H3. The molecule has 0 bridgehead atoms. The summed E-state index contributed by atoms with van der Waals surface area (Å²) in [5.74, 6) is 1.84. The number of hydrogen-bond donors (Lipinski definition) is 0. The zero-order valence-electron chi connectivity index (χ0n) is 26.8. The summed E-state index contributed by atoms with van der Waals surface area (Å²) in [5, 5.41) is 1.18. The number of para-hydroxylation sites is 1. The van der Waals surface area contributed by atoms with Crippen molar-refractivity contribution in [2.24, 2.45) is 0 Å². The first-order valence-corrected chi connectivity index (χ1v) is 17.4. The molecule has 3 heterocycles. The molecule has 0 aliphatic carbocycles. The molecule has 0 atom stereocenters. The van der Waals surface area contributed by atoms with E-state index in [9.17, 15) is 9.59 Å². The first-order chi connectivity index (χ1) is 22.7. The number of rotatable bonds is 10. The second-order valence-corrected chi connectivity index (χ2v) is 14.0. The summed E-state index contributed by atoms with van der Waals surface area (Å²) in [6.45, 7) is 11.6. The third kappa shape index (κ3) is 8.44. The SMILES string of the molecule is CC(C)Oc1ccc(CN2CCN(I)CC2)cc1-n1c(CN2CCN(C(=O)COc3ccc(Cl)cc3)CC2)nc2ccccc2c1=O. The van der Waals surface area contributed by atoms with Gasteiger partial charge in [0.25, 0.3) is 11.5 Å². The average molecular weight is 771 g/mol. The van der Waals surface area contributed by atoms with Gasteiger partial charge in [-0.2, -0.15) is 0 Å². The van der Waals surface area contributed by atoms with Crippen molar-refractivity contribution in [3.05, 3.63) is 93.5 Å². The molecule has 1 amide bonds. The maximum atomic E-state index is 14.3. The molecule has 0 N–H and O–H groups in total. The Morgan fingerprint density at radius 2 is 1.57 bits per heavy atom. The van der Waals surface area contributed by atoms with Gasteiger partial charge in [-0.15, -0.1) is 0 Å². The molecule has 6 rings (SSSR count). The number of hydrogen-bond acceptors (Lipinski definition) is 8. The van der Waals surface area contributed by atoms with E-state index in [2.05, 4.69) is 47.9 Å². The number of piperazine rings is 2. The lowest BCUT2D eigenvalue weighted by atomic mass is 10.1. The Kier molecular flexibility index (Phi) is 11.0. The molecular formula is C35H40ClIN6O4. The molecule has 12 heteroatoms. The number of aromatic nitrogens is 2. The number of ether oxygens (including phenoxy) is 2. The summed E-state index contributed by atoms with van der Waals surface area (Å²) in [6.07, 6.45) is -0.0711. The van der Waals surface area contributed by atoms with Gasteiger partial charge in [-0.1, -0.05) is 29.8 Å². The van der Waals surface area contributed by atoms with Crippen molar-refractivity contribution < 1.29 is 14.3 Å². The van der Waals surface area contributed by atoms with Crippen LogP contribution in [0.15, 0.2) is 71.5 Å². The Hall–Kier alpha value is -3.23. The molecule has 2 fully saturated rings. The fourth-order valence-corrected chi connectivity index (χ4v) is 6.54. The van der Waals surface area contributed by atoms with Crippen LogP contribution in [0.4, 0.5) is 0 Å². The maximum Gasteiger partial charge on any atom is 0.266 e. The molecule has 0 saturated carbocycles. The van der Waals surface area contributed by atoms with Crippen LogP contribution in [0.1, 0.15) is 25.2 Å². The number of carbonyl (C=O) groups is 1. The van der Waals surface area contributed by atoms with Gasteiger partial charge in [0.05, 0.1) is 29.2 Å². The average Bonchev–Trinajstić information content (AvgIpc) is 3.06. The van der Waals surface area contributed by atoms with Gasteiger partial charge in [-0.25, -0.2) is 8.10 Å². The normalized spacial score (nSPS) is 16.6. The summed E-state index contributed by atoms with van der Waals surface area (Å²) in [4.78, 5) is 38.8. The largest absolute Gasteiger partial charge is 0.489 e. The maximum absolute atomic E-state index is 14.3. The Morgan fingerprint density at radius 1 is 0.894 bits per heavy atom. The molecule has 1 aromatic heterocycles. The van der Waals surface area contributed by atoms with E-state index >= 15 is 0 Å². The van der Waals surface area contributed by atoms with Crippen LogP contribution in [0.3, 0.4) is 0 Å². The quantitative estimate of drug-likeness (QED) is 0.165. The number of halogens is 2. The molecule has 2 aliphatic rings. The van der Waals surface area contributed by atoms with Crippen LogP contribution in [0.25, 0.3) is 16.6 Å². The predicted molar refractivity (Wildman–Crippen MR) is 193 cm³/mol. The summed E-state index contributed by atoms with van der Waals surface area (Å²) >= 11 is 8.34. The van der Waals surface area contributed by atoms with Crippen molar-refractivity contribution in [3.8, 4) is 17.2 Å². The van der Waals surface area contributed by atoms with Crippen LogP contribution in [-0.2, 0) is 17.9 Å². The number of amides is 1. The number of benzene rings is 3. The smallest absolute Gasteiger partial charge is 0.266 e. The predicted octanol–water partition coefficient (Wildman–Crippen LogP) is 5.02. The molecule has 2 aliphatic heterocycles. The van der Waals surface area contributed by atoms with Gasteiger partial charge in [0.2, 0.25) is 0 Å². The van der Waals surface area contributed by atoms with E-state index < -0.39 is 0 Å². The van der Waals surface area contributed by atoms with Crippen LogP contribution in [-0.4, -0.2) is 98.3 Å². The van der Waals surface area contributed by atoms with E-state index in [1.807, 2.05) is 49.1 Å². The topological polar surface area (TPSA) is 83.4 Å². The Morgan fingerprint density at radius 3 is 2.30 bits per heavy atom. The van der Waals surface area contributed by atoms with Crippen LogP contribution in [0, 0.1) is 0 Å². The lowest BCUT2D eigenvalue weighted by molar-refractivity contribution is -0.135. The highest BCUT2D eigenvalue weighted by Gasteiger charge is 2.25. The lowest BCUT2D eigenvalue weighted by Crippen LogP contribution is -2.50. The van der Waals surface area contributed by atoms with Gasteiger partial charge < -0.3 is 14.4 Å². The first-order valence-electron chi connectivity index (χ1n) is 16.1. The fraction of sp³-hybridized carbons (Fsp3) is 0.400. The second-order valence-electron chi connectivity index (χ2n) is 12.2. The zero-order chi connectivity index (χ0) is 32.9. The van der Waals surface area contributed by atoms with Crippen LogP contribution < -0.4 is 15.0 Å². The minimum atomic E-state index is -0.122. The van der Waals surface area contributed by atoms with Crippen LogP contribution in [0.2, 0.25) is 5.02 Å². The highest BCUT2D eigenvalue weighted by molar-refractivity contribution is 14.1. The molecule has 10 nitrogen and oxygen atoms in total. The summed E-state index contributed by atoms with van der Waals surface area (Å²) in [6, 6.07) is 20.7. The third-order valence-corrected chi connectivity index (χ3v) is 9.68. The first kappa shape index (κ1) is 33.7. The van der Waals surface area contributed by atoms with E-state index in [1.54, 1.807) is 28.8 Å². The van der Waals surface area contributed by atoms with Gasteiger partial charge in [-0.05, 0) is 67.9 Å². The minimum absolute atomic E-state index is 0.0316. The van der Waals surface area contributed by atoms with Gasteiger partial charge in [0, 0.05) is 86.8 Å². The molecule has 47 heavy (non-hydrogen) atoms. The van der Waals surface area contributed by atoms with Gasteiger partial charge >= 0.3 is 0 Å². The second kappa shape index (κ2) is 15.3. The van der Waals surface area contributed by atoms with E-state index in [0.717, 1.165) is 38.3 Å². The van der Waals surface area contributed by atoms with Crippen molar-refractivity contribution in [2.45, 2.75) is 33.0 Å². The lowest BCUT2D eigenvalue weighted by Gasteiger charge is -2.35. The van der Waals surface area contributed by atoms with Crippen LogP contribution >= 0.6 is 34.5 Å². The van der Waals surface area contributed by atoms with Crippen LogP contribution in [0.5, 0.6) is 11.5 Å². The summed E-state index contributed by atoms with van der Waals surface area (Å²) < 4.78 is 16.0.